The minimum atomic E-state index is -0.150. The summed E-state index contributed by atoms with van der Waals surface area (Å²) in [5, 5.41) is 7.94. The lowest BCUT2D eigenvalue weighted by Crippen LogP contribution is -2.12. The summed E-state index contributed by atoms with van der Waals surface area (Å²) in [6.45, 7) is 0. The fourth-order valence-corrected chi connectivity index (χ4v) is 3.63. The highest BCUT2D eigenvalue weighted by Crippen LogP contribution is 2.28. The van der Waals surface area contributed by atoms with Gasteiger partial charge in [0.15, 0.2) is 11.0 Å². The van der Waals surface area contributed by atoms with Crippen molar-refractivity contribution in [1.82, 2.24) is 15.1 Å². The van der Waals surface area contributed by atoms with E-state index in [1.54, 1.807) is 12.1 Å². The molecule has 4 aromatic rings. The van der Waals surface area contributed by atoms with Crippen molar-refractivity contribution in [3.8, 4) is 0 Å². The second-order valence-corrected chi connectivity index (χ2v) is 7.41. The van der Waals surface area contributed by atoms with E-state index in [-0.39, 0.29) is 12.3 Å². The molecule has 6 nitrogen and oxygen atoms in total. The van der Waals surface area contributed by atoms with Gasteiger partial charge in [-0.05, 0) is 23.8 Å². The molecule has 1 amide bonds. The van der Waals surface area contributed by atoms with Gasteiger partial charge in [-0.1, -0.05) is 58.4 Å². The number of anilines is 1. The third kappa shape index (κ3) is 4.50. The number of hydrogen-bond acceptors (Lipinski definition) is 6. The molecule has 2 aromatic carbocycles. The number of rotatable bonds is 6. The van der Waals surface area contributed by atoms with Crippen LogP contribution in [-0.2, 0) is 17.6 Å². The Balaban J connectivity index is 1.32. The van der Waals surface area contributed by atoms with Gasteiger partial charge in [0.25, 0.3) is 0 Å². The first kappa shape index (κ1) is 17.6. The topological polar surface area (TPSA) is 80.9 Å². The van der Waals surface area contributed by atoms with Gasteiger partial charge in [0.1, 0.15) is 0 Å². The fraction of sp³-hybridized carbons (Fsp3) is 0.158. The number of aryl methyl sites for hydroxylation is 1. The van der Waals surface area contributed by atoms with Gasteiger partial charge in [-0.3, -0.25) is 4.79 Å². The Kier molecular flexibility index (Phi) is 5.13. The van der Waals surface area contributed by atoms with Gasteiger partial charge in [0, 0.05) is 24.3 Å². The largest absolute Gasteiger partial charge is 0.339 e. The van der Waals surface area contributed by atoms with E-state index >= 15 is 0 Å². The molecule has 0 aliphatic rings. The quantitative estimate of drug-likeness (QED) is 0.517. The molecular weight excluding hydrogens is 384 g/mol. The lowest BCUT2D eigenvalue weighted by Gasteiger charge is -1.98. The van der Waals surface area contributed by atoms with Crippen LogP contribution in [0.15, 0.2) is 53.1 Å². The Bertz CT molecular complexity index is 1080. The fourth-order valence-electron chi connectivity index (χ4n) is 2.60. The highest BCUT2D eigenvalue weighted by atomic mass is 35.5. The van der Waals surface area contributed by atoms with Crippen LogP contribution in [0.25, 0.3) is 10.2 Å². The van der Waals surface area contributed by atoms with Gasteiger partial charge in [0.05, 0.1) is 10.2 Å². The number of hydrogen-bond donors (Lipinski definition) is 1. The summed E-state index contributed by atoms with van der Waals surface area (Å²) in [5.41, 5.74) is 1.88. The van der Waals surface area contributed by atoms with E-state index in [4.69, 9.17) is 16.1 Å². The van der Waals surface area contributed by atoms with Gasteiger partial charge in [0.2, 0.25) is 11.8 Å². The maximum absolute atomic E-state index is 12.2. The van der Waals surface area contributed by atoms with Crippen LogP contribution in [0.4, 0.5) is 5.13 Å². The first-order valence-electron chi connectivity index (χ1n) is 8.37. The SMILES string of the molecule is O=C(CCc1nc(Cc2ccccc2)no1)Nc1nc2cc(Cl)ccc2s1. The number of nitrogens with one attached hydrogen (secondary N) is 1. The summed E-state index contributed by atoms with van der Waals surface area (Å²) in [4.78, 5) is 20.9. The molecule has 0 saturated heterocycles. The van der Waals surface area contributed by atoms with Crippen molar-refractivity contribution in [1.29, 1.82) is 0 Å². The third-order valence-corrected chi connectivity index (χ3v) is 5.06. The van der Waals surface area contributed by atoms with E-state index in [0.29, 0.717) is 34.7 Å². The Hall–Kier alpha value is -2.77. The first-order valence-corrected chi connectivity index (χ1v) is 9.56. The van der Waals surface area contributed by atoms with Crippen molar-refractivity contribution >= 4 is 44.2 Å². The number of aromatic nitrogens is 3. The zero-order valence-corrected chi connectivity index (χ0v) is 15.8. The number of benzene rings is 2. The Morgan fingerprint density at radius 3 is 2.85 bits per heavy atom. The molecule has 2 heterocycles. The number of carbonyl (C=O) groups excluding carboxylic acids is 1. The highest BCUT2D eigenvalue weighted by molar-refractivity contribution is 7.22. The van der Waals surface area contributed by atoms with E-state index in [9.17, 15) is 4.79 Å². The second kappa shape index (κ2) is 7.85. The summed E-state index contributed by atoms with van der Waals surface area (Å²) in [7, 11) is 0. The summed E-state index contributed by atoms with van der Waals surface area (Å²) in [6.07, 6.45) is 1.22. The van der Waals surface area contributed by atoms with Crippen molar-refractivity contribution in [2.24, 2.45) is 0 Å². The second-order valence-electron chi connectivity index (χ2n) is 5.95. The smallest absolute Gasteiger partial charge is 0.227 e. The van der Waals surface area contributed by atoms with Crippen LogP contribution in [0.5, 0.6) is 0 Å². The predicted octanol–water partition coefficient (Wildman–Crippen LogP) is 4.49. The number of thiazole rings is 1. The van der Waals surface area contributed by atoms with Crippen LogP contribution in [0, 0.1) is 0 Å². The molecule has 0 atom stereocenters. The lowest BCUT2D eigenvalue weighted by molar-refractivity contribution is -0.116. The van der Waals surface area contributed by atoms with Crippen LogP contribution in [0.2, 0.25) is 5.02 Å². The summed E-state index contributed by atoms with van der Waals surface area (Å²) >= 11 is 7.37. The summed E-state index contributed by atoms with van der Waals surface area (Å²) in [6, 6.07) is 15.4. The Morgan fingerprint density at radius 1 is 1.15 bits per heavy atom. The van der Waals surface area contributed by atoms with Crippen LogP contribution >= 0.6 is 22.9 Å². The number of halogens is 1. The van der Waals surface area contributed by atoms with Gasteiger partial charge in [-0.25, -0.2) is 4.98 Å². The number of nitrogens with zero attached hydrogens (tertiary/aromatic N) is 3. The Labute approximate surface area is 164 Å². The minimum absolute atomic E-state index is 0.150. The molecule has 0 saturated carbocycles. The van der Waals surface area contributed by atoms with Crippen molar-refractivity contribution < 1.29 is 9.32 Å². The van der Waals surface area contributed by atoms with E-state index in [0.717, 1.165) is 15.8 Å². The predicted molar refractivity (Wildman–Crippen MR) is 105 cm³/mol. The molecule has 0 spiro atoms. The Morgan fingerprint density at radius 2 is 2.00 bits per heavy atom. The van der Waals surface area contributed by atoms with Gasteiger partial charge >= 0.3 is 0 Å². The van der Waals surface area contributed by atoms with Crippen LogP contribution < -0.4 is 5.32 Å². The molecule has 0 unspecified atom stereocenters. The standard InChI is InChI=1S/C19H15ClN4O2S/c20-13-6-7-15-14(11-13)21-19(27-15)23-17(25)8-9-18-22-16(24-26-18)10-12-4-2-1-3-5-12/h1-7,11H,8-10H2,(H,21,23,25). The first-order chi connectivity index (χ1) is 13.2. The molecule has 0 aliphatic heterocycles. The monoisotopic (exact) mass is 398 g/mol. The molecule has 8 heteroatoms. The van der Waals surface area contributed by atoms with Crippen LogP contribution in [0.1, 0.15) is 23.7 Å². The summed E-state index contributed by atoms with van der Waals surface area (Å²) < 4.78 is 6.20. The average Bonchev–Trinajstić information content (AvgIpc) is 3.26. The van der Waals surface area contributed by atoms with Gasteiger partial charge < -0.3 is 9.84 Å². The summed E-state index contributed by atoms with van der Waals surface area (Å²) in [5.74, 6) is 0.912. The maximum Gasteiger partial charge on any atom is 0.227 e. The highest BCUT2D eigenvalue weighted by Gasteiger charge is 2.12. The van der Waals surface area contributed by atoms with Crippen molar-refractivity contribution in [2.75, 3.05) is 5.32 Å². The van der Waals surface area contributed by atoms with E-state index in [1.807, 2.05) is 36.4 Å². The van der Waals surface area contributed by atoms with E-state index < -0.39 is 0 Å². The third-order valence-electron chi connectivity index (χ3n) is 3.88. The zero-order chi connectivity index (χ0) is 18.6. The lowest BCUT2D eigenvalue weighted by atomic mass is 10.1. The molecule has 0 aliphatic carbocycles. The minimum Gasteiger partial charge on any atom is -0.339 e. The molecule has 0 radical (unpaired) electrons. The van der Waals surface area contributed by atoms with Gasteiger partial charge in [-0.2, -0.15) is 4.98 Å². The molecule has 0 fully saturated rings. The molecule has 27 heavy (non-hydrogen) atoms. The molecule has 0 bridgehead atoms. The molecule has 136 valence electrons. The molecule has 4 rings (SSSR count). The zero-order valence-electron chi connectivity index (χ0n) is 14.2. The average molecular weight is 399 g/mol. The molecule has 1 N–H and O–H groups in total. The normalized spacial score (nSPS) is 11.0. The van der Waals surface area contributed by atoms with Crippen LogP contribution in [0.3, 0.4) is 0 Å². The van der Waals surface area contributed by atoms with Crippen LogP contribution in [-0.4, -0.2) is 21.0 Å². The van der Waals surface area contributed by atoms with E-state index in [1.165, 1.54) is 11.3 Å². The number of amides is 1. The molecule has 2 aromatic heterocycles. The van der Waals surface area contributed by atoms with Crippen molar-refractivity contribution in [2.45, 2.75) is 19.3 Å². The number of fused-ring (bicyclic) bond motifs is 1. The van der Waals surface area contributed by atoms with Gasteiger partial charge in [-0.15, -0.1) is 0 Å². The van der Waals surface area contributed by atoms with E-state index in [2.05, 4.69) is 20.4 Å². The molecular formula is C19H15ClN4O2S. The maximum atomic E-state index is 12.2. The van der Waals surface area contributed by atoms with Crippen molar-refractivity contribution in [3.63, 3.8) is 0 Å². The number of carbonyl (C=O) groups is 1. The van der Waals surface area contributed by atoms with Crippen molar-refractivity contribution in [3.05, 3.63) is 70.8 Å².